The van der Waals surface area contributed by atoms with E-state index in [-0.39, 0.29) is 5.91 Å². The van der Waals surface area contributed by atoms with Crippen LogP contribution in [0.5, 0.6) is 0 Å². The number of benzene rings is 2. The van der Waals surface area contributed by atoms with Gasteiger partial charge in [-0.1, -0.05) is 48.5 Å². The van der Waals surface area contributed by atoms with Crippen LogP contribution < -0.4 is 5.32 Å². The zero-order valence-corrected chi connectivity index (χ0v) is 15.8. The number of aromatic nitrogens is 4. The van der Waals surface area contributed by atoms with Gasteiger partial charge < -0.3 is 5.32 Å². The Morgan fingerprint density at radius 3 is 2.36 bits per heavy atom. The molecule has 2 aromatic carbocycles. The van der Waals surface area contributed by atoms with Crippen LogP contribution in [0.1, 0.15) is 21.6 Å². The minimum Gasteiger partial charge on any atom is -0.348 e. The van der Waals surface area contributed by atoms with E-state index in [1.54, 1.807) is 10.9 Å². The number of hydrogen-bond donors (Lipinski definition) is 1. The predicted octanol–water partition coefficient (Wildman–Crippen LogP) is 3.51. The molecule has 0 aliphatic heterocycles. The van der Waals surface area contributed by atoms with E-state index >= 15 is 0 Å². The smallest absolute Gasteiger partial charge is 0.255 e. The molecule has 4 aromatic rings. The summed E-state index contributed by atoms with van der Waals surface area (Å²) >= 11 is 0. The third kappa shape index (κ3) is 3.44. The van der Waals surface area contributed by atoms with Gasteiger partial charge in [0.1, 0.15) is 5.69 Å². The molecule has 0 saturated heterocycles. The average molecular weight is 371 g/mol. The average Bonchev–Trinajstić information content (AvgIpc) is 3.30. The van der Waals surface area contributed by atoms with Crippen molar-refractivity contribution in [3.8, 4) is 16.9 Å². The molecule has 1 N–H and O–H groups in total. The first-order chi connectivity index (χ1) is 13.6. The van der Waals surface area contributed by atoms with Crippen molar-refractivity contribution >= 4 is 5.91 Å². The maximum Gasteiger partial charge on any atom is 0.255 e. The maximum atomic E-state index is 13.1. The summed E-state index contributed by atoms with van der Waals surface area (Å²) in [6, 6.07) is 19.6. The number of rotatable bonds is 5. The van der Waals surface area contributed by atoms with Crippen LogP contribution in [0.15, 0.2) is 73.1 Å². The van der Waals surface area contributed by atoms with E-state index < -0.39 is 0 Å². The number of amides is 1. The van der Waals surface area contributed by atoms with Crippen molar-refractivity contribution < 1.29 is 4.79 Å². The second-order valence-electron chi connectivity index (χ2n) is 6.63. The first-order valence-corrected chi connectivity index (χ1v) is 9.09. The van der Waals surface area contributed by atoms with Gasteiger partial charge in [0.2, 0.25) is 0 Å². The van der Waals surface area contributed by atoms with Gasteiger partial charge in [0, 0.05) is 30.9 Å². The molecule has 0 aliphatic carbocycles. The Hall–Kier alpha value is -3.67. The van der Waals surface area contributed by atoms with Gasteiger partial charge in [-0.25, -0.2) is 4.68 Å². The molecule has 1 amide bonds. The summed E-state index contributed by atoms with van der Waals surface area (Å²) in [5.41, 5.74) is 4.83. The summed E-state index contributed by atoms with van der Waals surface area (Å²) in [4.78, 5) is 13.1. The van der Waals surface area contributed by atoms with Gasteiger partial charge in [-0.05, 0) is 19.1 Å². The van der Waals surface area contributed by atoms with Gasteiger partial charge in [0.15, 0.2) is 0 Å². The Bertz CT molecular complexity index is 1100. The zero-order valence-electron chi connectivity index (χ0n) is 15.8. The van der Waals surface area contributed by atoms with Crippen LogP contribution in [0.4, 0.5) is 0 Å². The van der Waals surface area contributed by atoms with Gasteiger partial charge >= 0.3 is 0 Å². The predicted molar refractivity (Wildman–Crippen MR) is 108 cm³/mol. The largest absolute Gasteiger partial charge is 0.348 e. The number of carbonyl (C=O) groups excluding carboxylic acids is 1. The molecule has 0 aliphatic rings. The molecule has 0 saturated carbocycles. The van der Waals surface area contributed by atoms with E-state index in [1.165, 1.54) is 0 Å². The van der Waals surface area contributed by atoms with Crippen molar-refractivity contribution in [1.29, 1.82) is 0 Å². The molecule has 0 unspecified atom stereocenters. The Kier molecular flexibility index (Phi) is 4.76. The highest BCUT2D eigenvalue weighted by atomic mass is 16.1. The lowest BCUT2D eigenvalue weighted by Crippen LogP contribution is -2.23. The highest BCUT2D eigenvalue weighted by Gasteiger charge is 2.23. The molecule has 0 bridgehead atoms. The first kappa shape index (κ1) is 17.7. The summed E-state index contributed by atoms with van der Waals surface area (Å²) in [6.07, 6.45) is 3.64. The normalized spacial score (nSPS) is 10.8. The minimum absolute atomic E-state index is 0.151. The number of nitrogens with zero attached hydrogens (tertiary/aromatic N) is 4. The van der Waals surface area contributed by atoms with Gasteiger partial charge in [-0.2, -0.15) is 10.2 Å². The van der Waals surface area contributed by atoms with Crippen molar-refractivity contribution in [2.24, 2.45) is 7.05 Å². The van der Waals surface area contributed by atoms with Crippen molar-refractivity contribution in [3.05, 3.63) is 89.9 Å². The summed E-state index contributed by atoms with van der Waals surface area (Å²) in [6.45, 7) is 2.34. The Balaban J connectivity index is 1.73. The molecule has 6 nitrogen and oxygen atoms in total. The fourth-order valence-corrected chi connectivity index (χ4v) is 3.23. The third-order valence-corrected chi connectivity index (χ3v) is 4.60. The monoisotopic (exact) mass is 371 g/mol. The molecule has 0 fully saturated rings. The summed E-state index contributed by atoms with van der Waals surface area (Å²) in [5.74, 6) is -0.151. The fraction of sp³-hybridized carbons (Fsp3) is 0.136. The number of nitrogens with one attached hydrogen (secondary N) is 1. The van der Waals surface area contributed by atoms with Crippen LogP contribution in [0.2, 0.25) is 0 Å². The second kappa shape index (κ2) is 7.52. The van der Waals surface area contributed by atoms with Crippen LogP contribution in [0.25, 0.3) is 16.9 Å². The first-order valence-electron chi connectivity index (χ1n) is 9.09. The molecule has 2 aromatic heterocycles. The number of carbonyl (C=O) groups is 1. The van der Waals surface area contributed by atoms with Crippen molar-refractivity contribution in [1.82, 2.24) is 24.9 Å². The molecule has 0 radical (unpaired) electrons. The van der Waals surface area contributed by atoms with Gasteiger partial charge in [0.05, 0.1) is 23.1 Å². The molecule has 6 heteroatoms. The molecule has 0 atom stereocenters. The second-order valence-corrected chi connectivity index (χ2v) is 6.63. The van der Waals surface area contributed by atoms with Crippen LogP contribution >= 0.6 is 0 Å². The van der Waals surface area contributed by atoms with E-state index in [2.05, 4.69) is 10.4 Å². The van der Waals surface area contributed by atoms with Gasteiger partial charge in [-0.3, -0.25) is 9.48 Å². The van der Waals surface area contributed by atoms with E-state index in [1.807, 2.05) is 85.5 Å². The fourth-order valence-electron chi connectivity index (χ4n) is 3.23. The van der Waals surface area contributed by atoms with Gasteiger partial charge in [0.25, 0.3) is 5.91 Å². The van der Waals surface area contributed by atoms with Crippen LogP contribution in [-0.4, -0.2) is 25.5 Å². The highest BCUT2D eigenvalue weighted by molar-refractivity contribution is 6.01. The maximum absolute atomic E-state index is 13.1. The highest BCUT2D eigenvalue weighted by Crippen LogP contribution is 2.27. The Morgan fingerprint density at radius 1 is 1.04 bits per heavy atom. The lowest BCUT2D eigenvalue weighted by Gasteiger charge is -2.06. The van der Waals surface area contributed by atoms with Crippen LogP contribution in [-0.2, 0) is 13.6 Å². The molecule has 28 heavy (non-hydrogen) atoms. The molecular weight excluding hydrogens is 350 g/mol. The molecule has 2 heterocycles. The Morgan fingerprint density at radius 2 is 1.71 bits per heavy atom. The van der Waals surface area contributed by atoms with Crippen LogP contribution in [0, 0.1) is 6.92 Å². The van der Waals surface area contributed by atoms with E-state index in [0.717, 1.165) is 22.5 Å². The zero-order chi connectivity index (χ0) is 19.5. The molecule has 0 spiro atoms. The third-order valence-electron chi connectivity index (χ3n) is 4.60. The minimum atomic E-state index is -0.151. The summed E-state index contributed by atoms with van der Waals surface area (Å²) < 4.78 is 3.54. The summed E-state index contributed by atoms with van der Waals surface area (Å²) in [5, 5.41) is 11.9. The van der Waals surface area contributed by atoms with Crippen molar-refractivity contribution in [2.45, 2.75) is 13.5 Å². The summed E-state index contributed by atoms with van der Waals surface area (Å²) in [7, 11) is 1.85. The lowest BCUT2D eigenvalue weighted by molar-refractivity contribution is 0.0951. The standard InChI is InChI=1S/C22H21N5O/c1-16-20(22(28)23-13-17-14-24-26(2)15-17)21(18-9-5-3-6-10-18)25-27(16)19-11-7-4-8-12-19/h3-12,14-15H,13H2,1-2H3,(H,23,28). The van der Waals surface area contributed by atoms with Crippen molar-refractivity contribution in [3.63, 3.8) is 0 Å². The SMILES string of the molecule is Cc1c(C(=O)NCc2cnn(C)c2)c(-c2ccccc2)nn1-c1ccccc1. The topological polar surface area (TPSA) is 64.7 Å². The van der Waals surface area contributed by atoms with Crippen molar-refractivity contribution in [2.75, 3.05) is 0 Å². The number of hydrogen-bond acceptors (Lipinski definition) is 3. The van der Waals surface area contributed by atoms with Gasteiger partial charge in [-0.15, -0.1) is 0 Å². The van der Waals surface area contributed by atoms with E-state index in [9.17, 15) is 4.79 Å². The Labute approximate surface area is 163 Å². The molecular formula is C22H21N5O. The quantitative estimate of drug-likeness (QED) is 0.584. The number of aryl methyl sites for hydroxylation is 1. The van der Waals surface area contributed by atoms with E-state index in [4.69, 9.17) is 5.10 Å². The number of para-hydroxylation sites is 1. The molecule has 140 valence electrons. The van der Waals surface area contributed by atoms with E-state index in [0.29, 0.717) is 17.8 Å². The lowest BCUT2D eigenvalue weighted by atomic mass is 10.1. The van der Waals surface area contributed by atoms with Crippen LogP contribution in [0.3, 0.4) is 0 Å². The molecule has 4 rings (SSSR count).